The van der Waals surface area contributed by atoms with Gasteiger partial charge in [-0.3, -0.25) is 9.68 Å². The van der Waals surface area contributed by atoms with Crippen molar-refractivity contribution in [1.82, 2.24) is 5.23 Å². The molecule has 0 aliphatic rings. The molecule has 1 aromatic rings. The van der Waals surface area contributed by atoms with E-state index in [-0.39, 0.29) is 0 Å². The van der Waals surface area contributed by atoms with Crippen LogP contribution in [0.5, 0.6) is 0 Å². The van der Waals surface area contributed by atoms with Crippen LogP contribution in [0.3, 0.4) is 0 Å². The molecule has 84 valence electrons. The van der Waals surface area contributed by atoms with Crippen molar-refractivity contribution in [2.75, 3.05) is 14.2 Å². The molecule has 0 aliphatic carbocycles. The van der Waals surface area contributed by atoms with Crippen molar-refractivity contribution in [2.24, 2.45) is 0 Å². The minimum absolute atomic E-state index is 0.565. The van der Waals surface area contributed by atoms with Gasteiger partial charge in [-0.25, -0.2) is 0 Å². The lowest BCUT2D eigenvalue weighted by Crippen LogP contribution is -2.38. The van der Waals surface area contributed by atoms with E-state index in [1.807, 2.05) is 30.3 Å². The Kier molecular flexibility index (Phi) is 5.22. The summed E-state index contributed by atoms with van der Waals surface area (Å²) < 4.78 is -0.565. The number of nitrogens with zero attached hydrogens (tertiary/aromatic N) is 1. The van der Waals surface area contributed by atoms with Crippen LogP contribution in [-0.4, -0.2) is 22.8 Å². The molecular weight excluding hydrogens is 326 g/mol. The Bertz CT molecular complexity index is 289. The van der Waals surface area contributed by atoms with E-state index < -0.39 is 3.36 Å². The molecule has 15 heavy (non-hydrogen) atoms. The average Bonchev–Trinajstić information content (AvgIpc) is 2.19. The van der Waals surface area contributed by atoms with Crippen LogP contribution in [0.15, 0.2) is 30.3 Å². The summed E-state index contributed by atoms with van der Waals surface area (Å²) in [6, 6.07) is 10.1. The SMILES string of the molecule is CON(OC)C(Br)(Br)Cc1ccccc1. The monoisotopic (exact) mass is 337 g/mol. The molecule has 0 aliphatic heterocycles. The van der Waals surface area contributed by atoms with E-state index in [1.54, 1.807) is 14.2 Å². The molecule has 5 heteroatoms. The number of hydrogen-bond donors (Lipinski definition) is 0. The van der Waals surface area contributed by atoms with Gasteiger partial charge in [0, 0.05) is 6.42 Å². The number of hydrogen-bond acceptors (Lipinski definition) is 3. The van der Waals surface area contributed by atoms with Gasteiger partial charge in [-0.2, -0.15) is 0 Å². The third-order valence-electron chi connectivity index (χ3n) is 1.86. The highest BCUT2D eigenvalue weighted by Gasteiger charge is 2.32. The van der Waals surface area contributed by atoms with Gasteiger partial charge in [0.2, 0.25) is 0 Å². The quantitative estimate of drug-likeness (QED) is 0.468. The first-order valence-electron chi connectivity index (χ1n) is 4.40. The van der Waals surface area contributed by atoms with Gasteiger partial charge < -0.3 is 0 Å². The molecule has 0 fully saturated rings. The zero-order chi connectivity index (χ0) is 11.3. The summed E-state index contributed by atoms with van der Waals surface area (Å²) >= 11 is 7.00. The maximum atomic E-state index is 5.05. The van der Waals surface area contributed by atoms with Gasteiger partial charge >= 0.3 is 0 Å². The lowest BCUT2D eigenvalue weighted by molar-refractivity contribution is -0.353. The highest BCUT2D eigenvalue weighted by atomic mass is 79.9. The topological polar surface area (TPSA) is 21.7 Å². The molecule has 0 atom stereocenters. The summed E-state index contributed by atoms with van der Waals surface area (Å²) in [7, 11) is 3.09. The van der Waals surface area contributed by atoms with Crippen LogP contribution in [-0.2, 0) is 16.1 Å². The molecule has 0 aromatic heterocycles. The molecule has 0 unspecified atom stereocenters. The van der Waals surface area contributed by atoms with Crippen LogP contribution < -0.4 is 0 Å². The Labute approximate surface area is 107 Å². The van der Waals surface area contributed by atoms with Crippen LogP contribution >= 0.6 is 31.9 Å². The van der Waals surface area contributed by atoms with Crippen molar-refractivity contribution < 1.29 is 9.68 Å². The number of benzene rings is 1. The highest BCUT2D eigenvalue weighted by Crippen LogP contribution is 2.34. The molecule has 3 nitrogen and oxygen atoms in total. The third kappa shape index (κ3) is 3.85. The third-order valence-corrected chi connectivity index (χ3v) is 3.00. The first-order valence-corrected chi connectivity index (χ1v) is 5.99. The summed E-state index contributed by atoms with van der Waals surface area (Å²) in [5.74, 6) is 0. The second kappa shape index (κ2) is 5.96. The van der Waals surface area contributed by atoms with Gasteiger partial charge in [0.1, 0.15) is 0 Å². The molecule has 0 spiro atoms. The van der Waals surface area contributed by atoms with Crippen molar-refractivity contribution in [3.8, 4) is 0 Å². The minimum Gasteiger partial charge on any atom is -0.276 e. The fourth-order valence-electron chi connectivity index (χ4n) is 1.25. The largest absolute Gasteiger partial charge is 0.276 e. The van der Waals surface area contributed by atoms with Crippen molar-refractivity contribution in [2.45, 2.75) is 9.78 Å². The second-order valence-electron chi connectivity index (χ2n) is 2.95. The van der Waals surface area contributed by atoms with E-state index in [0.29, 0.717) is 6.42 Å². The van der Waals surface area contributed by atoms with Gasteiger partial charge in [-0.15, -0.1) is 0 Å². The predicted octanol–water partition coefficient (Wildman–Crippen LogP) is 3.10. The zero-order valence-electron chi connectivity index (χ0n) is 8.61. The summed E-state index contributed by atoms with van der Waals surface area (Å²) in [6.45, 7) is 0. The van der Waals surface area contributed by atoms with Crippen molar-refractivity contribution >= 4 is 31.9 Å². The molecule has 1 aromatic carbocycles. The fraction of sp³-hybridized carbons (Fsp3) is 0.400. The second-order valence-corrected chi connectivity index (χ2v) is 6.64. The number of hydroxylamine groups is 2. The molecule has 0 heterocycles. The van der Waals surface area contributed by atoms with Gasteiger partial charge in [0.25, 0.3) is 0 Å². The number of rotatable bonds is 5. The smallest absolute Gasteiger partial charge is 0.186 e. The molecular formula is C10H13Br2NO2. The maximum absolute atomic E-state index is 5.05. The van der Waals surface area contributed by atoms with Crippen molar-refractivity contribution in [3.63, 3.8) is 0 Å². The standard InChI is InChI=1S/C10H13Br2NO2/c1-14-13(15-2)10(11,12)8-9-6-4-3-5-7-9/h3-7H,8H2,1-2H3. The molecule has 0 N–H and O–H groups in total. The summed E-state index contributed by atoms with van der Waals surface area (Å²) in [5.41, 5.74) is 1.17. The highest BCUT2D eigenvalue weighted by molar-refractivity contribution is 9.25. The molecule has 1 rings (SSSR count). The van der Waals surface area contributed by atoms with Crippen molar-refractivity contribution in [1.29, 1.82) is 0 Å². The molecule has 0 bridgehead atoms. The Balaban J connectivity index is 2.71. The van der Waals surface area contributed by atoms with Crippen LogP contribution in [0.25, 0.3) is 0 Å². The van der Waals surface area contributed by atoms with Gasteiger partial charge in [0.05, 0.1) is 14.2 Å². The van der Waals surface area contributed by atoms with E-state index in [2.05, 4.69) is 31.9 Å². The fourth-order valence-corrected chi connectivity index (χ4v) is 2.47. The summed E-state index contributed by atoms with van der Waals surface area (Å²) in [4.78, 5) is 10.1. The van der Waals surface area contributed by atoms with E-state index in [1.165, 1.54) is 10.8 Å². The average molecular weight is 339 g/mol. The zero-order valence-corrected chi connectivity index (χ0v) is 11.8. The van der Waals surface area contributed by atoms with Crippen LogP contribution in [0.2, 0.25) is 0 Å². The normalized spacial score (nSPS) is 12.1. The van der Waals surface area contributed by atoms with E-state index in [0.717, 1.165) is 0 Å². The van der Waals surface area contributed by atoms with E-state index >= 15 is 0 Å². The van der Waals surface area contributed by atoms with Gasteiger partial charge in [0.15, 0.2) is 3.36 Å². The summed E-state index contributed by atoms with van der Waals surface area (Å²) in [6.07, 6.45) is 0.704. The Morgan fingerprint density at radius 2 is 1.67 bits per heavy atom. The molecule has 0 radical (unpaired) electrons. The lowest BCUT2D eigenvalue weighted by Gasteiger charge is -2.30. The van der Waals surface area contributed by atoms with E-state index in [4.69, 9.17) is 9.68 Å². The van der Waals surface area contributed by atoms with Crippen LogP contribution in [0, 0.1) is 0 Å². The van der Waals surface area contributed by atoms with Crippen molar-refractivity contribution in [3.05, 3.63) is 35.9 Å². The maximum Gasteiger partial charge on any atom is 0.186 e. The Morgan fingerprint density at radius 1 is 1.13 bits per heavy atom. The number of alkyl halides is 2. The number of halogens is 2. The first kappa shape index (κ1) is 13.1. The van der Waals surface area contributed by atoms with Gasteiger partial charge in [-0.1, -0.05) is 30.3 Å². The van der Waals surface area contributed by atoms with E-state index in [9.17, 15) is 0 Å². The Hall–Kier alpha value is 0.0600. The van der Waals surface area contributed by atoms with Crippen LogP contribution in [0.4, 0.5) is 0 Å². The van der Waals surface area contributed by atoms with Crippen LogP contribution in [0.1, 0.15) is 5.56 Å². The molecule has 0 saturated carbocycles. The predicted molar refractivity (Wildman–Crippen MR) is 66.6 cm³/mol. The Morgan fingerprint density at radius 3 is 2.13 bits per heavy atom. The van der Waals surface area contributed by atoms with Gasteiger partial charge in [-0.05, 0) is 42.6 Å². The first-order chi connectivity index (χ1) is 7.10. The molecule has 0 amide bonds. The lowest BCUT2D eigenvalue weighted by atomic mass is 10.1. The molecule has 0 saturated heterocycles. The summed E-state index contributed by atoms with van der Waals surface area (Å²) in [5, 5.41) is 1.35. The minimum atomic E-state index is -0.565.